The molecule has 0 bridgehead atoms. The van der Waals surface area contributed by atoms with Crippen LogP contribution >= 0.6 is 23.2 Å². The first kappa shape index (κ1) is 31.2. The molecule has 2 unspecified atom stereocenters. The van der Waals surface area contributed by atoms with Gasteiger partial charge in [-0.1, -0.05) is 103 Å². The zero-order valence-corrected chi connectivity index (χ0v) is 27.3. The van der Waals surface area contributed by atoms with E-state index < -0.39 is 6.17 Å². The van der Waals surface area contributed by atoms with Gasteiger partial charge in [-0.3, -0.25) is 4.79 Å². The van der Waals surface area contributed by atoms with Crippen LogP contribution in [0.15, 0.2) is 127 Å². The molecule has 7 nitrogen and oxygen atoms in total. The van der Waals surface area contributed by atoms with Gasteiger partial charge in [-0.25, -0.2) is 10.4 Å². The van der Waals surface area contributed by atoms with E-state index in [9.17, 15) is 4.79 Å². The van der Waals surface area contributed by atoms with Crippen LogP contribution in [0.3, 0.4) is 0 Å². The molecule has 1 aliphatic heterocycles. The number of hydrogen-bond donors (Lipinski definition) is 3. The predicted molar refractivity (Wildman–Crippen MR) is 189 cm³/mol. The third-order valence-electron chi connectivity index (χ3n) is 8.06. The number of aromatic amines is 1. The number of nitrogens with zero attached hydrogens (tertiary/aromatic N) is 3. The fourth-order valence-electron chi connectivity index (χ4n) is 5.90. The van der Waals surface area contributed by atoms with Crippen LogP contribution in [0, 0.1) is 0 Å². The molecule has 232 valence electrons. The van der Waals surface area contributed by atoms with Crippen molar-refractivity contribution in [2.45, 2.75) is 26.1 Å². The number of allylic oxidation sites excluding steroid dienone is 4. The van der Waals surface area contributed by atoms with Gasteiger partial charge in [0.1, 0.15) is 11.9 Å². The minimum Gasteiger partial charge on any atom is -0.350 e. The van der Waals surface area contributed by atoms with Crippen LogP contribution in [0.4, 0.5) is 0 Å². The van der Waals surface area contributed by atoms with Gasteiger partial charge in [0.05, 0.1) is 23.8 Å². The molecule has 0 fully saturated rings. The number of halogens is 2. The molecule has 0 radical (unpaired) electrons. The van der Waals surface area contributed by atoms with Gasteiger partial charge in [0.2, 0.25) is 0 Å². The highest BCUT2D eigenvalue weighted by molar-refractivity contribution is 6.31. The van der Waals surface area contributed by atoms with E-state index in [4.69, 9.17) is 28.2 Å². The molecule has 3 N–H and O–H groups in total. The number of hydrazine groups is 1. The molecule has 0 saturated heterocycles. The van der Waals surface area contributed by atoms with E-state index in [1.54, 1.807) is 6.08 Å². The van der Waals surface area contributed by atoms with Crippen LogP contribution in [-0.4, -0.2) is 38.7 Å². The van der Waals surface area contributed by atoms with Crippen LogP contribution in [0.5, 0.6) is 0 Å². The number of aromatic nitrogens is 3. The fraction of sp³-hybridized carbons (Fsp3) is 0.135. The average molecular weight is 650 g/mol. The zero-order valence-electron chi connectivity index (χ0n) is 25.8. The topological polar surface area (TPSA) is 78.0 Å². The van der Waals surface area contributed by atoms with Gasteiger partial charge >= 0.3 is 0 Å². The molecule has 0 spiro atoms. The van der Waals surface area contributed by atoms with Gasteiger partial charge in [-0.05, 0) is 49.2 Å². The first-order valence-corrected chi connectivity index (χ1v) is 15.7. The van der Waals surface area contributed by atoms with Crippen molar-refractivity contribution in [2.24, 2.45) is 0 Å². The fourth-order valence-corrected chi connectivity index (χ4v) is 6.20. The lowest BCUT2D eigenvalue weighted by Gasteiger charge is -2.21. The van der Waals surface area contributed by atoms with Crippen molar-refractivity contribution in [1.29, 1.82) is 0 Å². The Morgan fingerprint density at radius 1 is 1.07 bits per heavy atom. The second kappa shape index (κ2) is 13.3. The maximum atomic E-state index is 14.4. The lowest BCUT2D eigenvalue weighted by Crippen LogP contribution is -2.47. The molecule has 9 heteroatoms. The van der Waals surface area contributed by atoms with Gasteiger partial charge in [0, 0.05) is 50.9 Å². The second-order valence-electron chi connectivity index (χ2n) is 11.1. The van der Waals surface area contributed by atoms with Gasteiger partial charge in [0.25, 0.3) is 5.91 Å². The molecule has 1 aliphatic rings. The third kappa shape index (κ3) is 6.05. The summed E-state index contributed by atoms with van der Waals surface area (Å²) < 4.78 is 2.11. The molecular formula is C37H34Cl2N6O. The number of imidazole rings is 1. The van der Waals surface area contributed by atoms with E-state index in [-0.39, 0.29) is 11.9 Å². The molecular weight excluding hydrogens is 615 g/mol. The van der Waals surface area contributed by atoms with E-state index >= 15 is 0 Å². The monoisotopic (exact) mass is 648 g/mol. The van der Waals surface area contributed by atoms with Crippen molar-refractivity contribution in [1.82, 2.24) is 30.3 Å². The number of rotatable bonds is 9. The average Bonchev–Trinajstić information content (AvgIpc) is 3.75. The first-order valence-electron chi connectivity index (χ1n) is 15.0. The summed E-state index contributed by atoms with van der Waals surface area (Å²) >= 11 is 12.7. The van der Waals surface area contributed by atoms with Crippen molar-refractivity contribution in [3.63, 3.8) is 0 Å². The van der Waals surface area contributed by atoms with Gasteiger partial charge in [-0.2, -0.15) is 0 Å². The van der Waals surface area contributed by atoms with Crippen molar-refractivity contribution in [2.75, 3.05) is 7.05 Å². The Bertz CT molecular complexity index is 2000. The Morgan fingerprint density at radius 2 is 1.80 bits per heavy atom. The van der Waals surface area contributed by atoms with Crippen molar-refractivity contribution in [3.8, 4) is 22.5 Å². The number of benzene rings is 3. The van der Waals surface area contributed by atoms with Crippen molar-refractivity contribution in [3.05, 3.63) is 149 Å². The maximum absolute atomic E-state index is 14.4. The highest BCUT2D eigenvalue weighted by atomic mass is 35.5. The number of fused-ring (bicyclic) bond motifs is 1. The van der Waals surface area contributed by atoms with E-state index in [0.29, 0.717) is 15.7 Å². The molecule has 6 rings (SSSR count). The molecule has 5 aromatic rings. The summed E-state index contributed by atoms with van der Waals surface area (Å²) in [4.78, 5) is 22.8. The van der Waals surface area contributed by atoms with Crippen LogP contribution in [0.1, 0.15) is 35.9 Å². The van der Waals surface area contributed by atoms with Crippen LogP contribution in [-0.2, 0) is 0 Å². The number of carbonyl (C=O) groups is 1. The molecule has 2 atom stereocenters. The highest BCUT2D eigenvalue weighted by Crippen LogP contribution is 2.41. The van der Waals surface area contributed by atoms with Crippen LogP contribution < -0.4 is 10.7 Å². The summed E-state index contributed by atoms with van der Waals surface area (Å²) in [5, 5.41) is 7.14. The third-order valence-corrected chi connectivity index (χ3v) is 8.55. The number of amides is 1. The van der Waals surface area contributed by atoms with E-state index in [1.807, 2.05) is 123 Å². The summed E-state index contributed by atoms with van der Waals surface area (Å²) in [5.74, 6) is -0.287. The Labute approximate surface area is 278 Å². The summed E-state index contributed by atoms with van der Waals surface area (Å²) in [6.45, 7) is 7.94. The first-order chi connectivity index (χ1) is 22.3. The Morgan fingerprint density at radius 3 is 2.52 bits per heavy atom. The highest BCUT2D eigenvalue weighted by Gasteiger charge is 2.31. The number of carbonyl (C=O) groups excluding carboxylic acids is 1. The minimum atomic E-state index is -0.491. The van der Waals surface area contributed by atoms with Crippen LogP contribution in [0.2, 0.25) is 10.0 Å². The van der Waals surface area contributed by atoms with Crippen LogP contribution in [0.25, 0.3) is 33.4 Å². The number of hydrogen-bond acceptors (Lipinski definition) is 4. The molecule has 3 aromatic carbocycles. The van der Waals surface area contributed by atoms with Gasteiger partial charge in [-0.15, -0.1) is 0 Å². The normalized spacial score (nSPS) is 15.8. The smallest absolute Gasteiger partial charge is 0.269 e. The summed E-state index contributed by atoms with van der Waals surface area (Å²) in [6.07, 6.45) is 10.9. The predicted octanol–water partition coefficient (Wildman–Crippen LogP) is 8.69. The molecule has 1 amide bonds. The van der Waals surface area contributed by atoms with E-state index in [1.165, 1.54) is 0 Å². The summed E-state index contributed by atoms with van der Waals surface area (Å²) in [6, 6.07) is 23.3. The molecule has 3 heterocycles. The van der Waals surface area contributed by atoms with Gasteiger partial charge < -0.3 is 19.9 Å². The van der Waals surface area contributed by atoms with Crippen molar-refractivity contribution < 1.29 is 4.79 Å². The van der Waals surface area contributed by atoms with E-state index in [0.717, 1.165) is 50.1 Å². The molecule has 46 heavy (non-hydrogen) atoms. The maximum Gasteiger partial charge on any atom is 0.269 e. The Balaban J connectivity index is 1.53. The SMILES string of the molecule is C=C/C=C(\C=C/C)C1=CN(C)NC1NC(=O)c1[nH]c2cc(Cl)ccc2c1-c1c(-c2ccccc2)ncn1C(C)c1ccc(Cl)cc1. The Kier molecular flexibility index (Phi) is 8.99. The molecule has 0 aliphatic carbocycles. The summed E-state index contributed by atoms with van der Waals surface area (Å²) in [5.41, 5.74) is 10.6. The van der Waals surface area contributed by atoms with Gasteiger partial charge in [0.15, 0.2) is 0 Å². The minimum absolute atomic E-state index is 0.127. The van der Waals surface area contributed by atoms with Crippen molar-refractivity contribution >= 4 is 40.0 Å². The number of H-pyrrole nitrogens is 1. The summed E-state index contributed by atoms with van der Waals surface area (Å²) in [7, 11) is 1.90. The largest absolute Gasteiger partial charge is 0.350 e. The lowest BCUT2D eigenvalue weighted by atomic mass is 9.99. The standard InChI is InChI=1S/C37H34Cl2N6O/c1-5-10-25(11-6-2)30-21-44(4)43-36(30)42-37(46)34-32(29-19-18-28(39)20-31(29)41-34)35-33(26-12-8-7-9-13-26)40-22-45(35)23(3)24-14-16-27(38)17-15-24/h5-23,36,41,43H,1H2,2-4H3,(H,42,46)/b11-6-,25-10+. The quantitative estimate of drug-likeness (QED) is 0.140. The van der Waals surface area contributed by atoms with E-state index in [2.05, 4.69) is 33.8 Å². The lowest BCUT2D eigenvalue weighted by molar-refractivity contribution is 0.0925. The second-order valence-corrected chi connectivity index (χ2v) is 12.0. The molecule has 0 saturated carbocycles. The molecule has 2 aromatic heterocycles. The Hall–Kier alpha value is -4.82. The number of nitrogens with one attached hydrogen (secondary N) is 3. The zero-order chi connectivity index (χ0) is 32.4.